The first-order valence-electron chi connectivity index (χ1n) is 12.8. The number of benzene rings is 6. The topological polar surface area (TPSA) is 38.9 Å². The van der Waals surface area contributed by atoms with E-state index in [1.54, 1.807) is 0 Å². The molecule has 0 saturated heterocycles. The van der Waals surface area contributed by atoms with E-state index in [-0.39, 0.29) is 0 Å². The third-order valence-corrected chi connectivity index (χ3v) is 7.57. The van der Waals surface area contributed by atoms with Gasteiger partial charge in [0.1, 0.15) is 11.2 Å². The van der Waals surface area contributed by atoms with Crippen LogP contribution in [0.3, 0.4) is 0 Å². The monoisotopic (exact) mass is 486 g/mol. The second-order valence-electron chi connectivity index (χ2n) is 9.90. The van der Waals surface area contributed by atoms with E-state index in [9.17, 15) is 0 Å². The summed E-state index contributed by atoms with van der Waals surface area (Å²) in [6.07, 6.45) is 1.91. The number of rotatable bonds is 2. The van der Waals surface area contributed by atoms with Crippen molar-refractivity contribution in [1.29, 1.82) is 0 Å². The van der Waals surface area contributed by atoms with Gasteiger partial charge in [-0.25, -0.2) is 4.98 Å². The fourth-order valence-electron chi connectivity index (χ4n) is 5.77. The maximum atomic E-state index is 6.12. The van der Waals surface area contributed by atoms with Gasteiger partial charge in [0.05, 0.1) is 22.9 Å². The average Bonchev–Trinajstić information content (AvgIpc) is 3.34. The third-order valence-electron chi connectivity index (χ3n) is 7.57. The van der Waals surface area contributed by atoms with Crippen LogP contribution < -0.4 is 0 Å². The van der Waals surface area contributed by atoms with E-state index >= 15 is 0 Å². The van der Waals surface area contributed by atoms with Gasteiger partial charge in [-0.15, -0.1) is 0 Å². The smallest absolute Gasteiger partial charge is 0.135 e. The molecule has 38 heavy (non-hydrogen) atoms. The van der Waals surface area contributed by atoms with Crippen molar-refractivity contribution in [3.8, 4) is 22.4 Å². The molecule has 0 radical (unpaired) electrons. The Balaban J connectivity index is 1.37. The largest absolute Gasteiger partial charge is 0.456 e. The first-order valence-corrected chi connectivity index (χ1v) is 12.8. The standard InChI is InChI=1S/C35H22N2O/c1-21-14-16-32-29(18-21)30-19-22(15-17-33(30)38-32)23-8-2-5-11-26(23)31-20-36-34-27-12-6-3-9-24(27)25-10-4-7-13-28(25)35(34)37-31/h2-20H,1H3. The number of hydrogen-bond donors (Lipinski definition) is 0. The van der Waals surface area contributed by atoms with E-state index in [1.807, 2.05) is 6.20 Å². The lowest BCUT2D eigenvalue weighted by Gasteiger charge is -2.12. The molecule has 6 aromatic carbocycles. The van der Waals surface area contributed by atoms with Crippen LogP contribution in [0.25, 0.3) is 76.9 Å². The Morgan fingerprint density at radius 2 is 1.13 bits per heavy atom. The normalized spacial score (nSPS) is 11.8. The lowest BCUT2D eigenvalue weighted by atomic mass is 9.95. The molecule has 0 bridgehead atoms. The van der Waals surface area contributed by atoms with E-state index in [0.29, 0.717) is 0 Å². The minimum absolute atomic E-state index is 0.863. The van der Waals surface area contributed by atoms with Crippen LogP contribution in [0.1, 0.15) is 5.56 Å². The fourth-order valence-corrected chi connectivity index (χ4v) is 5.77. The highest BCUT2D eigenvalue weighted by Gasteiger charge is 2.15. The predicted octanol–water partition coefficient (Wildman–Crippen LogP) is 9.48. The van der Waals surface area contributed by atoms with Crippen LogP contribution >= 0.6 is 0 Å². The molecule has 0 aliphatic heterocycles. The summed E-state index contributed by atoms with van der Waals surface area (Å²) < 4.78 is 6.12. The van der Waals surface area contributed by atoms with Crippen molar-refractivity contribution in [3.63, 3.8) is 0 Å². The molecule has 0 aliphatic rings. The summed E-state index contributed by atoms with van der Waals surface area (Å²) in [5.41, 5.74) is 9.06. The highest BCUT2D eigenvalue weighted by atomic mass is 16.3. The molecule has 0 spiro atoms. The number of hydrogen-bond acceptors (Lipinski definition) is 3. The second-order valence-corrected chi connectivity index (χ2v) is 9.90. The zero-order valence-corrected chi connectivity index (χ0v) is 20.8. The highest BCUT2D eigenvalue weighted by molar-refractivity contribution is 6.23. The summed E-state index contributed by atoms with van der Waals surface area (Å²) in [5.74, 6) is 0. The Labute approximate surface area is 219 Å². The van der Waals surface area contributed by atoms with Gasteiger partial charge in [-0.1, -0.05) is 90.5 Å². The molecular formula is C35H22N2O. The van der Waals surface area contributed by atoms with Gasteiger partial charge in [0.2, 0.25) is 0 Å². The minimum atomic E-state index is 0.863. The molecule has 0 aliphatic carbocycles. The second kappa shape index (κ2) is 7.99. The van der Waals surface area contributed by atoms with Gasteiger partial charge < -0.3 is 4.42 Å². The maximum Gasteiger partial charge on any atom is 0.135 e. The molecule has 0 fully saturated rings. The number of fused-ring (bicyclic) bond motifs is 9. The predicted molar refractivity (Wildman–Crippen MR) is 157 cm³/mol. The van der Waals surface area contributed by atoms with Gasteiger partial charge in [-0.2, -0.15) is 0 Å². The quantitative estimate of drug-likeness (QED) is 0.228. The van der Waals surface area contributed by atoms with Crippen LogP contribution in [0.15, 0.2) is 120 Å². The maximum absolute atomic E-state index is 6.12. The molecule has 3 heteroatoms. The van der Waals surface area contributed by atoms with Crippen molar-refractivity contribution in [1.82, 2.24) is 9.97 Å². The van der Waals surface area contributed by atoms with E-state index in [1.165, 1.54) is 16.3 Å². The molecular weight excluding hydrogens is 464 g/mol. The van der Waals surface area contributed by atoms with Gasteiger partial charge >= 0.3 is 0 Å². The molecule has 0 saturated carbocycles. The first kappa shape index (κ1) is 21.1. The molecule has 8 rings (SSSR count). The minimum Gasteiger partial charge on any atom is -0.456 e. The Bertz CT molecular complexity index is 2170. The molecule has 2 heterocycles. The van der Waals surface area contributed by atoms with Crippen molar-refractivity contribution in [2.24, 2.45) is 0 Å². The van der Waals surface area contributed by atoms with Crippen LogP contribution in [0.4, 0.5) is 0 Å². The van der Waals surface area contributed by atoms with Gasteiger partial charge in [-0.3, -0.25) is 4.98 Å². The van der Waals surface area contributed by atoms with Crippen molar-refractivity contribution in [2.75, 3.05) is 0 Å². The molecule has 0 atom stereocenters. The molecule has 178 valence electrons. The van der Waals surface area contributed by atoms with Crippen molar-refractivity contribution < 1.29 is 4.42 Å². The van der Waals surface area contributed by atoms with Gasteiger partial charge in [0.15, 0.2) is 0 Å². The molecule has 0 N–H and O–H groups in total. The Morgan fingerprint density at radius 1 is 0.526 bits per heavy atom. The van der Waals surface area contributed by atoms with E-state index in [2.05, 4.69) is 116 Å². The van der Waals surface area contributed by atoms with Crippen molar-refractivity contribution in [3.05, 3.63) is 121 Å². The molecule has 0 amide bonds. The number of aryl methyl sites for hydroxylation is 1. The lowest BCUT2D eigenvalue weighted by molar-refractivity contribution is 0.669. The lowest BCUT2D eigenvalue weighted by Crippen LogP contribution is -1.93. The summed E-state index contributed by atoms with van der Waals surface area (Å²) in [6, 6.07) is 38.2. The first-order chi connectivity index (χ1) is 18.7. The highest BCUT2D eigenvalue weighted by Crippen LogP contribution is 2.38. The molecule has 8 aromatic rings. The van der Waals surface area contributed by atoms with E-state index in [4.69, 9.17) is 14.4 Å². The van der Waals surface area contributed by atoms with Crippen LogP contribution in [0.5, 0.6) is 0 Å². The van der Waals surface area contributed by atoms with Crippen molar-refractivity contribution in [2.45, 2.75) is 6.92 Å². The number of aromatic nitrogens is 2. The van der Waals surface area contributed by atoms with Gasteiger partial charge in [0, 0.05) is 27.1 Å². The van der Waals surface area contributed by atoms with Crippen LogP contribution in [-0.2, 0) is 0 Å². The van der Waals surface area contributed by atoms with E-state index in [0.717, 1.165) is 66.1 Å². The zero-order valence-electron chi connectivity index (χ0n) is 20.8. The van der Waals surface area contributed by atoms with Gasteiger partial charge in [0.25, 0.3) is 0 Å². The molecule has 2 aromatic heterocycles. The summed E-state index contributed by atoms with van der Waals surface area (Å²) in [6.45, 7) is 2.11. The summed E-state index contributed by atoms with van der Waals surface area (Å²) in [4.78, 5) is 10.2. The van der Waals surface area contributed by atoms with Crippen LogP contribution in [-0.4, -0.2) is 9.97 Å². The Kier molecular flexibility index (Phi) is 4.44. The van der Waals surface area contributed by atoms with E-state index < -0.39 is 0 Å². The Hall–Kier alpha value is -5.02. The SMILES string of the molecule is Cc1ccc2oc3ccc(-c4ccccc4-c4cnc5c6ccccc6c6ccccc6c5n4)cc3c2c1. The summed E-state index contributed by atoms with van der Waals surface area (Å²) in [5, 5.41) is 6.91. The number of furan rings is 1. The average molecular weight is 487 g/mol. The van der Waals surface area contributed by atoms with Crippen LogP contribution in [0.2, 0.25) is 0 Å². The molecule has 0 unspecified atom stereocenters. The summed E-state index contributed by atoms with van der Waals surface area (Å²) >= 11 is 0. The van der Waals surface area contributed by atoms with Gasteiger partial charge in [-0.05, 0) is 53.1 Å². The van der Waals surface area contributed by atoms with Crippen molar-refractivity contribution >= 4 is 54.5 Å². The summed E-state index contributed by atoms with van der Waals surface area (Å²) in [7, 11) is 0. The van der Waals surface area contributed by atoms with Crippen LogP contribution in [0, 0.1) is 6.92 Å². The Morgan fingerprint density at radius 3 is 1.89 bits per heavy atom. The number of nitrogens with zero attached hydrogens (tertiary/aromatic N) is 2. The zero-order chi connectivity index (χ0) is 25.2. The third kappa shape index (κ3) is 3.09. The molecule has 3 nitrogen and oxygen atoms in total. The fraction of sp³-hybridized carbons (Fsp3) is 0.0286.